The predicted molar refractivity (Wildman–Crippen MR) is 59.8 cm³/mol. The minimum atomic E-state index is -4.69. The third kappa shape index (κ3) is 4.52. The SMILES string of the molecule is FC(F)(F)OSc1cc(Br)c(Br)cc1Cl. The largest absolute Gasteiger partial charge is 0.533 e. The van der Waals surface area contributed by atoms with E-state index in [0.29, 0.717) is 8.95 Å². The van der Waals surface area contributed by atoms with Gasteiger partial charge < -0.3 is 0 Å². The number of hydrogen-bond donors (Lipinski definition) is 0. The number of alkyl halides is 3. The molecule has 0 aromatic heterocycles. The Morgan fingerprint density at radius 2 is 1.73 bits per heavy atom. The van der Waals surface area contributed by atoms with Crippen molar-refractivity contribution in [3.05, 3.63) is 26.1 Å². The van der Waals surface area contributed by atoms with Gasteiger partial charge in [-0.2, -0.15) is 0 Å². The number of halogens is 6. The van der Waals surface area contributed by atoms with Gasteiger partial charge in [0.05, 0.1) is 9.92 Å². The second-order valence-corrected chi connectivity index (χ2v) is 5.20. The molecular formula is C7H2Br2ClF3OS. The Kier molecular flexibility index (Phi) is 4.79. The van der Waals surface area contributed by atoms with Gasteiger partial charge in [0.2, 0.25) is 0 Å². The Morgan fingerprint density at radius 3 is 2.27 bits per heavy atom. The average molecular weight is 386 g/mol. The van der Waals surface area contributed by atoms with Crippen molar-refractivity contribution >= 4 is 55.5 Å². The van der Waals surface area contributed by atoms with Crippen molar-refractivity contribution in [1.82, 2.24) is 0 Å². The molecule has 1 nitrogen and oxygen atoms in total. The van der Waals surface area contributed by atoms with E-state index in [9.17, 15) is 13.2 Å². The van der Waals surface area contributed by atoms with Crippen LogP contribution in [0.25, 0.3) is 0 Å². The molecule has 1 rings (SSSR count). The van der Waals surface area contributed by atoms with E-state index in [-0.39, 0.29) is 22.0 Å². The fourth-order valence-corrected chi connectivity index (χ4v) is 2.38. The number of hydrogen-bond acceptors (Lipinski definition) is 2. The maximum atomic E-state index is 11.7. The molecule has 0 atom stereocenters. The van der Waals surface area contributed by atoms with Gasteiger partial charge in [0, 0.05) is 21.0 Å². The van der Waals surface area contributed by atoms with E-state index in [1.54, 1.807) is 0 Å². The van der Waals surface area contributed by atoms with E-state index >= 15 is 0 Å². The van der Waals surface area contributed by atoms with Gasteiger partial charge in [0.15, 0.2) is 0 Å². The van der Waals surface area contributed by atoms with E-state index in [4.69, 9.17) is 11.6 Å². The predicted octanol–water partition coefficient (Wildman–Crippen LogP) is 5.41. The molecule has 0 heterocycles. The van der Waals surface area contributed by atoms with Crippen molar-refractivity contribution < 1.29 is 17.4 Å². The lowest BCUT2D eigenvalue weighted by Crippen LogP contribution is -2.07. The molecule has 0 N–H and O–H groups in total. The molecule has 0 bridgehead atoms. The summed E-state index contributed by atoms with van der Waals surface area (Å²) in [5, 5.41) is 0.180. The summed E-state index contributed by atoms with van der Waals surface area (Å²) in [6.45, 7) is 0. The first-order valence-electron chi connectivity index (χ1n) is 3.36. The highest BCUT2D eigenvalue weighted by atomic mass is 79.9. The summed E-state index contributed by atoms with van der Waals surface area (Å²) in [7, 11) is 0. The molecule has 0 radical (unpaired) electrons. The van der Waals surface area contributed by atoms with Gasteiger partial charge in [-0.1, -0.05) is 11.6 Å². The van der Waals surface area contributed by atoms with Crippen LogP contribution in [0, 0.1) is 0 Å². The Bertz CT molecular complexity index is 372. The summed E-state index contributed by atoms with van der Waals surface area (Å²) in [6, 6.07) is 2.91. The molecule has 84 valence electrons. The molecule has 1 aromatic rings. The minimum Gasteiger partial charge on any atom is -0.215 e. The maximum absolute atomic E-state index is 11.7. The lowest BCUT2D eigenvalue weighted by atomic mass is 10.4. The zero-order chi connectivity index (χ0) is 11.6. The third-order valence-corrected chi connectivity index (χ3v) is 4.26. The van der Waals surface area contributed by atoms with Gasteiger partial charge in [0.1, 0.15) is 0 Å². The van der Waals surface area contributed by atoms with Crippen molar-refractivity contribution in [1.29, 1.82) is 0 Å². The molecule has 0 saturated heterocycles. The molecule has 0 aliphatic heterocycles. The van der Waals surface area contributed by atoms with Gasteiger partial charge >= 0.3 is 6.36 Å². The van der Waals surface area contributed by atoms with Crippen molar-refractivity contribution in [2.75, 3.05) is 0 Å². The van der Waals surface area contributed by atoms with Crippen LogP contribution in [0.5, 0.6) is 0 Å². The van der Waals surface area contributed by atoms with E-state index in [1.807, 2.05) is 0 Å². The lowest BCUT2D eigenvalue weighted by Gasteiger charge is -2.08. The van der Waals surface area contributed by atoms with Gasteiger partial charge in [-0.15, -0.1) is 13.2 Å². The van der Waals surface area contributed by atoms with Crippen LogP contribution in [0.1, 0.15) is 0 Å². The molecule has 1 aromatic carbocycles. The maximum Gasteiger partial charge on any atom is 0.533 e. The topological polar surface area (TPSA) is 9.23 Å². The summed E-state index contributed by atoms with van der Waals surface area (Å²) >= 11 is 12.2. The zero-order valence-corrected chi connectivity index (χ0v) is 11.5. The summed E-state index contributed by atoms with van der Waals surface area (Å²) < 4.78 is 40.1. The first kappa shape index (κ1) is 13.6. The van der Waals surface area contributed by atoms with E-state index < -0.39 is 6.36 Å². The Hall–Kier alpha value is 0.570. The van der Waals surface area contributed by atoms with Gasteiger partial charge in [0.25, 0.3) is 0 Å². The fraction of sp³-hybridized carbons (Fsp3) is 0.143. The van der Waals surface area contributed by atoms with Gasteiger partial charge in [-0.25, -0.2) is 4.18 Å². The number of benzene rings is 1. The normalized spacial score (nSPS) is 11.9. The van der Waals surface area contributed by atoms with Crippen LogP contribution in [0.4, 0.5) is 13.2 Å². The molecule has 0 fully saturated rings. The zero-order valence-electron chi connectivity index (χ0n) is 6.74. The molecule has 0 spiro atoms. The first-order chi connectivity index (χ1) is 6.79. The molecule has 0 saturated carbocycles. The van der Waals surface area contributed by atoms with Crippen LogP contribution >= 0.6 is 55.5 Å². The van der Waals surface area contributed by atoms with E-state index in [2.05, 4.69) is 36.0 Å². The van der Waals surface area contributed by atoms with E-state index in [1.165, 1.54) is 12.1 Å². The summed E-state index contributed by atoms with van der Waals surface area (Å²) in [6.07, 6.45) is -4.69. The average Bonchev–Trinajstić information content (AvgIpc) is 2.07. The minimum absolute atomic E-state index is 0.169. The highest BCUT2D eigenvalue weighted by Gasteiger charge is 2.30. The summed E-state index contributed by atoms with van der Waals surface area (Å²) in [5.74, 6) is 0. The lowest BCUT2D eigenvalue weighted by molar-refractivity contribution is -0.266. The van der Waals surface area contributed by atoms with Gasteiger partial charge in [-0.3, -0.25) is 0 Å². The third-order valence-electron chi connectivity index (χ3n) is 1.20. The molecular weight excluding hydrogens is 384 g/mol. The van der Waals surface area contributed by atoms with Crippen molar-refractivity contribution in [2.24, 2.45) is 0 Å². The van der Waals surface area contributed by atoms with Crippen LogP contribution in [-0.2, 0) is 4.18 Å². The molecule has 0 aliphatic rings. The van der Waals surface area contributed by atoms with E-state index in [0.717, 1.165) is 0 Å². The van der Waals surface area contributed by atoms with Crippen molar-refractivity contribution in [3.8, 4) is 0 Å². The summed E-state index contributed by atoms with van der Waals surface area (Å²) in [5.41, 5.74) is 0. The Balaban J connectivity index is 2.82. The Morgan fingerprint density at radius 1 is 1.20 bits per heavy atom. The molecule has 0 unspecified atom stereocenters. The molecule has 15 heavy (non-hydrogen) atoms. The highest BCUT2D eigenvalue weighted by molar-refractivity contribution is 9.13. The van der Waals surface area contributed by atoms with Crippen molar-refractivity contribution in [3.63, 3.8) is 0 Å². The number of rotatable bonds is 2. The summed E-state index contributed by atoms with van der Waals surface area (Å²) in [4.78, 5) is 0.184. The molecule has 0 amide bonds. The molecule has 8 heteroatoms. The fourth-order valence-electron chi connectivity index (χ4n) is 0.660. The standard InChI is InChI=1S/C7H2Br2ClF3OS/c8-3-1-5(10)6(2-4(3)9)15-14-7(11,12)13/h1-2H. The van der Waals surface area contributed by atoms with Crippen LogP contribution in [0.3, 0.4) is 0 Å². The van der Waals surface area contributed by atoms with Crippen molar-refractivity contribution in [2.45, 2.75) is 11.3 Å². The molecule has 0 aliphatic carbocycles. The van der Waals surface area contributed by atoms with Crippen LogP contribution in [-0.4, -0.2) is 6.36 Å². The Labute approximate surface area is 110 Å². The van der Waals surface area contributed by atoms with Gasteiger partial charge in [-0.05, 0) is 44.0 Å². The highest BCUT2D eigenvalue weighted by Crippen LogP contribution is 2.38. The first-order valence-corrected chi connectivity index (χ1v) is 6.07. The monoisotopic (exact) mass is 384 g/mol. The quantitative estimate of drug-likeness (QED) is 0.497. The smallest absolute Gasteiger partial charge is 0.215 e. The van der Waals surface area contributed by atoms with Crippen LogP contribution in [0.2, 0.25) is 5.02 Å². The van der Waals surface area contributed by atoms with Crippen LogP contribution in [0.15, 0.2) is 26.0 Å². The van der Waals surface area contributed by atoms with Crippen LogP contribution < -0.4 is 0 Å². The second-order valence-electron chi connectivity index (χ2n) is 2.31. The second kappa shape index (κ2) is 5.27.